The number of nitrogens with one attached hydrogen (secondary N) is 2. The second-order valence-electron chi connectivity index (χ2n) is 7.27. The maximum Gasteiger partial charge on any atom is 0.258 e. The van der Waals surface area contributed by atoms with Gasteiger partial charge in [-0.25, -0.2) is 4.68 Å². The number of anilines is 1. The second-order valence-corrected chi connectivity index (χ2v) is 7.71. The van der Waals surface area contributed by atoms with Gasteiger partial charge in [-0.2, -0.15) is 0 Å². The lowest BCUT2D eigenvalue weighted by molar-refractivity contribution is -0.124. The molecule has 0 aliphatic heterocycles. The van der Waals surface area contributed by atoms with Crippen molar-refractivity contribution in [2.75, 3.05) is 11.9 Å². The molecule has 2 aromatic rings. The highest BCUT2D eigenvalue weighted by atomic mass is 35.5. The van der Waals surface area contributed by atoms with Gasteiger partial charge in [-0.1, -0.05) is 30.0 Å². The van der Waals surface area contributed by atoms with Crippen LogP contribution >= 0.6 is 11.6 Å². The average molecular weight is 395 g/mol. The summed E-state index contributed by atoms with van der Waals surface area (Å²) >= 11 is 6.12. The van der Waals surface area contributed by atoms with Crippen molar-refractivity contribution in [1.82, 2.24) is 25.5 Å². The predicted octanol–water partition coefficient (Wildman–Crippen LogP) is 3.03. The van der Waals surface area contributed by atoms with E-state index in [0.29, 0.717) is 23.3 Å². The molecule has 0 bridgehead atoms. The first kappa shape index (κ1) is 21.0. The lowest BCUT2D eigenvalue weighted by Crippen LogP contribution is -2.43. The second kappa shape index (κ2) is 9.55. The smallest absolute Gasteiger partial charge is 0.258 e. The molecular weight excluding hydrogens is 368 g/mol. The molecular formula is C18H27ClN6O2. The van der Waals surface area contributed by atoms with Crippen LogP contribution in [0.5, 0.6) is 5.75 Å². The summed E-state index contributed by atoms with van der Waals surface area (Å²) in [7, 11) is 0. The number of halogens is 1. The van der Waals surface area contributed by atoms with Crippen molar-refractivity contribution >= 4 is 23.5 Å². The van der Waals surface area contributed by atoms with Crippen LogP contribution in [0.3, 0.4) is 0 Å². The molecule has 0 aliphatic rings. The number of hydrogen-bond donors (Lipinski definition) is 2. The Morgan fingerprint density at radius 2 is 2.11 bits per heavy atom. The third-order valence-electron chi connectivity index (χ3n) is 3.59. The monoisotopic (exact) mass is 394 g/mol. The number of rotatable bonds is 9. The van der Waals surface area contributed by atoms with Gasteiger partial charge in [0.1, 0.15) is 5.75 Å². The number of aryl methyl sites for hydroxylation is 1. The number of ether oxygens (including phenoxy) is 1. The first-order chi connectivity index (χ1) is 12.8. The van der Waals surface area contributed by atoms with Gasteiger partial charge in [0.2, 0.25) is 5.95 Å². The minimum absolute atomic E-state index is 0.0693. The normalized spacial score (nSPS) is 11.3. The summed E-state index contributed by atoms with van der Waals surface area (Å²) in [6.07, 6.45) is 2.05. The molecule has 0 aliphatic carbocycles. The molecule has 8 nitrogen and oxygen atoms in total. The quantitative estimate of drug-likeness (QED) is 0.678. The zero-order valence-corrected chi connectivity index (χ0v) is 17.0. The highest BCUT2D eigenvalue weighted by molar-refractivity contribution is 6.30. The van der Waals surface area contributed by atoms with Crippen LogP contribution in [-0.2, 0) is 17.9 Å². The number of amides is 1. The van der Waals surface area contributed by atoms with E-state index < -0.39 is 0 Å². The van der Waals surface area contributed by atoms with E-state index in [1.165, 1.54) is 0 Å². The lowest BCUT2D eigenvalue weighted by Gasteiger charge is -2.21. The molecule has 0 saturated carbocycles. The molecule has 0 spiro atoms. The minimum Gasteiger partial charge on any atom is -0.483 e. The molecule has 1 amide bonds. The SMILES string of the molecule is CCCCn1nnnc1NCc1cc(Cl)ccc1OCC(=O)NC(C)(C)C. The number of hydrogen-bond acceptors (Lipinski definition) is 6. The fourth-order valence-electron chi connectivity index (χ4n) is 2.39. The minimum atomic E-state index is -0.305. The van der Waals surface area contributed by atoms with Gasteiger partial charge in [0, 0.05) is 29.2 Å². The molecule has 27 heavy (non-hydrogen) atoms. The first-order valence-electron chi connectivity index (χ1n) is 9.01. The zero-order valence-electron chi connectivity index (χ0n) is 16.3. The summed E-state index contributed by atoms with van der Waals surface area (Å²) < 4.78 is 7.42. The topological polar surface area (TPSA) is 94.0 Å². The molecule has 2 rings (SSSR count). The van der Waals surface area contributed by atoms with Gasteiger partial charge < -0.3 is 15.4 Å². The van der Waals surface area contributed by atoms with Crippen LogP contribution in [0, 0.1) is 0 Å². The Hall–Kier alpha value is -2.35. The molecule has 0 unspecified atom stereocenters. The third kappa shape index (κ3) is 7.05. The van der Waals surface area contributed by atoms with E-state index in [2.05, 4.69) is 33.1 Å². The summed E-state index contributed by atoms with van der Waals surface area (Å²) in [5.41, 5.74) is 0.511. The van der Waals surface area contributed by atoms with Crippen LogP contribution in [0.1, 0.15) is 46.1 Å². The van der Waals surface area contributed by atoms with Gasteiger partial charge in [-0.05, 0) is 55.8 Å². The number of nitrogens with zero attached hydrogens (tertiary/aromatic N) is 4. The number of benzene rings is 1. The maximum atomic E-state index is 12.0. The molecule has 9 heteroatoms. The summed E-state index contributed by atoms with van der Waals surface area (Å²) in [6, 6.07) is 5.28. The van der Waals surface area contributed by atoms with Gasteiger partial charge in [-0.15, -0.1) is 0 Å². The van der Waals surface area contributed by atoms with E-state index >= 15 is 0 Å². The van der Waals surface area contributed by atoms with Crippen LogP contribution in [0.2, 0.25) is 5.02 Å². The Kier molecular flexibility index (Phi) is 7.41. The van der Waals surface area contributed by atoms with Crippen LogP contribution in [-0.4, -0.2) is 38.3 Å². The van der Waals surface area contributed by atoms with Crippen molar-refractivity contribution < 1.29 is 9.53 Å². The largest absolute Gasteiger partial charge is 0.483 e. The first-order valence-corrected chi connectivity index (χ1v) is 9.38. The number of carbonyl (C=O) groups excluding carboxylic acids is 1. The fraction of sp³-hybridized carbons (Fsp3) is 0.556. The molecule has 2 N–H and O–H groups in total. The van der Waals surface area contributed by atoms with Crippen LogP contribution in [0.15, 0.2) is 18.2 Å². The van der Waals surface area contributed by atoms with Crippen LogP contribution in [0.25, 0.3) is 0 Å². The number of aromatic nitrogens is 4. The number of carbonyl (C=O) groups is 1. The molecule has 1 heterocycles. The van der Waals surface area contributed by atoms with Crippen LogP contribution < -0.4 is 15.4 Å². The molecule has 0 radical (unpaired) electrons. The van der Waals surface area contributed by atoms with Gasteiger partial charge in [0.05, 0.1) is 0 Å². The van der Waals surface area contributed by atoms with Crippen molar-refractivity contribution in [2.24, 2.45) is 0 Å². The molecule has 0 atom stereocenters. The fourth-order valence-corrected chi connectivity index (χ4v) is 2.58. The summed E-state index contributed by atoms with van der Waals surface area (Å²) in [5, 5.41) is 18.3. The van der Waals surface area contributed by atoms with Gasteiger partial charge in [-0.3, -0.25) is 4.79 Å². The molecule has 1 aromatic heterocycles. The van der Waals surface area contributed by atoms with Gasteiger partial charge >= 0.3 is 0 Å². The molecule has 0 fully saturated rings. The van der Waals surface area contributed by atoms with E-state index in [9.17, 15) is 4.79 Å². The Bertz CT molecular complexity index is 757. The molecule has 1 aromatic carbocycles. The van der Waals surface area contributed by atoms with Crippen molar-refractivity contribution in [3.63, 3.8) is 0 Å². The summed E-state index contributed by atoms with van der Waals surface area (Å²) in [5.74, 6) is 0.989. The highest BCUT2D eigenvalue weighted by Gasteiger charge is 2.15. The van der Waals surface area contributed by atoms with E-state index in [-0.39, 0.29) is 18.1 Å². The van der Waals surface area contributed by atoms with Crippen molar-refractivity contribution in [3.05, 3.63) is 28.8 Å². The summed E-state index contributed by atoms with van der Waals surface area (Å²) in [6.45, 7) is 8.98. The highest BCUT2D eigenvalue weighted by Crippen LogP contribution is 2.24. The molecule has 0 saturated heterocycles. The standard InChI is InChI=1S/C18H27ClN6O2/c1-5-6-9-25-17(22-23-24-25)20-11-13-10-14(19)7-8-15(13)27-12-16(26)21-18(2,3)4/h7-8,10H,5-6,9,11-12H2,1-4H3,(H,21,26)(H,20,22,24). The Morgan fingerprint density at radius 1 is 1.33 bits per heavy atom. The number of unbranched alkanes of at least 4 members (excludes halogenated alkanes) is 1. The van der Waals surface area contributed by atoms with Crippen LogP contribution in [0.4, 0.5) is 5.95 Å². The average Bonchev–Trinajstić information content (AvgIpc) is 3.03. The summed E-state index contributed by atoms with van der Waals surface area (Å²) in [4.78, 5) is 12.0. The maximum absolute atomic E-state index is 12.0. The van der Waals surface area contributed by atoms with E-state index in [1.807, 2.05) is 20.8 Å². The lowest BCUT2D eigenvalue weighted by atomic mass is 10.1. The van der Waals surface area contributed by atoms with E-state index in [4.69, 9.17) is 16.3 Å². The van der Waals surface area contributed by atoms with E-state index in [0.717, 1.165) is 24.9 Å². The Labute approximate surface area is 164 Å². The van der Waals surface area contributed by atoms with Gasteiger partial charge in [0.15, 0.2) is 6.61 Å². The third-order valence-corrected chi connectivity index (χ3v) is 3.82. The molecule has 148 valence electrons. The number of tetrazole rings is 1. The Balaban J connectivity index is 2.01. The van der Waals surface area contributed by atoms with Crippen molar-refractivity contribution in [3.8, 4) is 5.75 Å². The Morgan fingerprint density at radius 3 is 2.81 bits per heavy atom. The van der Waals surface area contributed by atoms with Crippen molar-refractivity contribution in [1.29, 1.82) is 0 Å². The van der Waals surface area contributed by atoms with E-state index in [1.54, 1.807) is 22.9 Å². The predicted molar refractivity (Wildman–Crippen MR) is 105 cm³/mol. The zero-order chi connectivity index (χ0) is 19.9. The van der Waals surface area contributed by atoms with Gasteiger partial charge in [0.25, 0.3) is 5.91 Å². The van der Waals surface area contributed by atoms with Crippen molar-refractivity contribution in [2.45, 2.75) is 59.2 Å².